The quantitative estimate of drug-likeness (QED) is 0.618. The standard InChI is InChI=1S/C11H17N3O2S/c1-4-5-9(15)12-7-8-6-10(16-2)14-11(13-8)17-3/h6H,4-5,7H2,1-3H3,(H,12,15). The molecule has 94 valence electrons. The molecule has 0 unspecified atom stereocenters. The highest BCUT2D eigenvalue weighted by Crippen LogP contribution is 2.15. The highest BCUT2D eigenvalue weighted by Gasteiger charge is 2.05. The van der Waals surface area contributed by atoms with Gasteiger partial charge in [0.25, 0.3) is 0 Å². The lowest BCUT2D eigenvalue weighted by Gasteiger charge is -2.07. The Hall–Kier alpha value is -1.30. The molecule has 0 aliphatic rings. The highest BCUT2D eigenvalue weighted by molar-refractivity contribution is 7.98. The summed E-state index contributed by atoms with van der Waals surface area (Å²) >= 11 is 1.44. The molecule has 0 aliphatic heterocycles. The first-order valence-corrected chi connectivity index (χ1v) is 6.64. The Kier molecular flexibility index (Phi) is 5.76. The van der Waals surface area contributed by atoms with Gasteiger partial charge in [-0.15, -0.1) is 0 Å². The van der Waals surface area contributed by atoms with E-state index in [4.69, 9.17) is 4.74 Å². The molecule has 1 rings (SSSR count). The molecule has 1 heterocycles. The van der Waals surface area contributed by atoms with Crippen molar-refractivity contribution in [2.75, 3.05) is 13.4 Å². The maximum Gasteiger partial charge on any atom is 0.220 e. The van der Waals surface area contributed by atoms with Gasteiger partial charge in [-0.1, -0.05) is 18.7 Å². The van der Waals surface area contributed by atoms with Gasteiger partial charge in [0.05, 0.1) is 19.3 Å². The lowest BCUT2D eigenvalue weighted by Crippen LogP contribution is -2.22. The maximum atomic E-state index is 11.3. The van der Waals surface area contributed by atoms with E-state index < -0.39 is 0 Å². The van der Waals surface area contributed by atoms with E-state index in [-0.39, 0.29) is 5.91 Å². The van der Waals surface area contributed by atoms with Crippen LogP contribution in [0.25, 0.3) is 0 Å². The molecule has 0 radical (unpaired) electrons. The second-order valence-electron chi connectivity index (χ2n) is 3.42. The van der Waals surface area contributed by atoms with Crippen LogP contribution in [0, 0.1) is 0 Å². The molecule has 0 fully saturated rings. The molecule has 1 aromatic heterocycles. The second kappa shape index (κ2) is 7.11. The molecule has 0 bridgehead atoms. The van der Waals surface area contributed by atoms with E-state index in [0.717, 1.165) is 12.1 Å². The minimum absolute atomic E-state index is 0.0378. The van der Waals surface area contributed by atoms with Crippen molar-refractivity contribution in [3.8, 4) is 5.88 Å². The van der Waals surface area contributed by atoms with Gasteiger partial charge in [-0.3, -0.25) is 4.79 Å². The van der Waals surface area contributed by atoms with Gasteiger partial charge in [0.15, 0.2) is 5.16 Å². The van der Waals surface area contributed by atoms with Gasteiger partial charge in [-0.2, -0.15) is 4.98 Å². The largest absolute Gasteiger partial charge is 0.481 e. The summed E-state index contributed by atoms with van der Waals surface area (Å²) in [5.74, 6) is 0.555. The van der Waals surface area contributed by atoms with Crippen molar-refractivity contribution in [3.05, 3.63) is 11.8 Å². The Labute approximate surface area is 105 Å². The number of nitrogens with one attached hydrogen (secondary N) is 1. The number of nitrogens with zero attached hydrogens (tertiary/aromatic N) is 2. The summed E-state index contributed by atoms with van der Waals surface area (Å²) in [4.78, 5) is 19.8. The molecular formula is C11H17N3O2S. The summed E-state index contributed by atoms with van der Waals surface area (Å²) in [6, 6.07) is 1.73. The highest BCUT2D eigenvalue weighted by atomic mass is 32.2. The molecule has 5 nitrogen and oxygen atoms in total. The van der Waals surface area contributed by atoms with Crippen LogP contribution in [0.2, 0.25) is 0 Å². The average Bonchev–Trinajstić information content (AvgIpc) is 2.36. The van der Waals surface area contributed by atoms with E-state index in [9.17, 15) is 4.79 Å². The van der Waals surface area contributed by atoms with E-state index in [1.165, 1.54) is 11.8 Å². The third-order valence-electron chi connectivity index (χ3n) is 2.07. The van der Waals surface area contributed by atoms with Crippen molar-refractivity contribution >= 4 is 17.7 Å². The number of methoxy groups -OCH3 is 1. The predicted octanol–water partition coefficient (Wildman–Crippen LogP) is 1.62. The molecule has 0 saturated heterocycles. The predicted molar refractivity (Wildman–Crippen MR) is 67.1 cm³/mol. The lowest BCUT2D eigenvalue weighted by molar-refractivity contribution is -0.121. The first-order valence-electron chi connectivity index (χ1n) is 5.42. The summed E-state index contributed by atoms with van der Waals surface area (Å²) in [6.07, 6.45) is 3.28. The van der Waals surface area contributed by atoms with Crippen molar-refractivity contribution in [1.29, 1.82) is 0 Å². The van der Waals surface area contributed by atoms with Gasteiger partial charge in [-0.25, -0.2) is 4.98 Å². The average molecular weight is 255 g/mol. The third-order valence-corrected chi connectivity index (χ3v) is 2.62. The molecule has 0 atom stereocenters. The number of rotatable bonds is 6. The number of thioether (sulfide) groups is 1. The summed E-state index contributed by atoms with van der Waals surface area (Å²) < 4.78 is 5.07. The van der Waals surface area contributed by atoms with Crippen molar-refractivity contribution in [2.45, 2.75) is 31.5 Å². The Balaban J connectivity index is 2.66. The van der Waals surface area contributed by atoms with Crippen LogP contribution in [0.5, 0.6) is 5.88 Å². The summed E-state index contributed by atoms with van der Waals surface area (Å²) in [5.41, 5.74) is 0.755. The lowest BCUT2D eigenvalue weighted by atomic mass is 10.3. The van der Waals surface area contributed by atoms with Gasteiger partial charge in [0, 0.05) is 12.5 Å². The normalized spacial score (nSPS) is 10.1. The molecule has 1 amide bonds. The van der Waals surface area contributed by atoms with Gasteiger partial charge in [0.1, 0.15) is 0 Å². The molecule has 0 saturated carbocycles. The van der Waals surface area contributed by atoms with Crippen LogP contribution in [-0.4, -0.2) is 29.2 Å². The first-order chi connectivity index (χ1) is 8.19. The molecule has 0 aliphatic carbocycles. The molecule has 1 aromatic rings. The van der Waals surface area contributed by atoms with Crippen molar-refractivity contribution in [1.82, 2.24) is 15.3 Å². The van der Waals surface area contributed by atoms with Crippen molar-refractivity contribution in [2.24, 2.45) is 0 Å². The zero-order valence-electron chi connectivity index (χ0n) is 10.3. The minimum atomic E-state index is 0.0378. The number of hydrogen-bond donors (Lipinski definition) is 1. The smallest absolute Gasteiger partial charge is 0.220 e. The molecular weight excluding hydrogens is 238 g/mol. The fraction of sp³-hybridized carbons (Fsp3) is 0.545. The SMILES string of the molecule is CCCC(=O)NCc1cc(OC)nc(SC)n1. The second-order valence-corrected chi connectivity index (χ2v) is 4.19. The molecule has 0 aromatic carbocycles. The number of aromatic nitrogens is 2. The Morgan fingerprint density at radius 2 is 2.29 bits per heavy atom. The van der Waals surface area contributed by atoms with Gasteiger partial charge >= 0.3 is 0 Å². The van der Waals surface area contributed by atoms with E-state index in [2.05, 4.69) is 15.3 Å². The maximum absolute atomic E-state index is 11.3. The van der Waals surface area contributed by atoms with Crippen LogP contribution in [-0.2, 0) is 11.3 Å². The number of hydrogen-bond acceptors (Lipinski definition) is 5. The van der Waals surface area contributed by atoms with E-state index in [1.807, 2.05) is 13.2 Å². The van der Waals surface area contributed by atoms with Gasteiger partial charge < -0.3 is 10.1 Å². The zero-order valence-corrected chi connectivity index (χ0v) is 11.1. The molecule has 6 heteroatoms. The van der Waals surface area contributed by atoms with E-state index in [1.54, 1.807) is 13.2 Å². The van der Waals surface area contributed by atoms with Crippen LogP contribution in [0.4, 0.5) is 0 Å². The first kappa shape index (κ1) is 13.8. The third kappa shape index (κ3) is 4.60. The summed E-state index contributed by atoms with van der Waals surface area (Å²) in [5, 5.41) is 3.45. The number of amides is 1. The summed E-state index contributed by atoms with van der Waals surface area (Å²) in [6.45, 7) is 2.38. The number of carbonyl (C=O) groups is 1. The van der Waals surface area contributed by atoms with Crippen LogP contribution in [0.3, 0.4) is 0 Å². The van der Waals surface area contributed by atoms with E-state index >= 15 is 0 Å². The van der Waals surface area contributed by atoms with Crippen LogP contribution >= 0.6 is 11.8 Å². The number of carbonyl (C=O) groups excluding carboxylic acids is 1. The topological polar surface area (TPSA) is 64.1 Å². The van der Waals surface area contributed by atoms with Gasteiger partial charge in [-0.05, 0) is 12.7 Å². The summed E-state index contributed by atoms with van der Waals surface area (Å²) in [7, 11) is 1.56. The van der Waals surface area contributed by atoms with Crippen LogP contribution < -0.4 is 10.1 Å². The molecule has 17 heavy (non-hydrogen) atoms. The Morgan fingerprint density at radius 1 is 1.53 bits per heavy atom. The zero-order chi connectivity index (χ0) is 12.7. The number of ether oxygens (including phenoxy) is 1. The fourth-order valence-electron chi connectivity index (χ4n) is 1.24. The Morgan fingerprint density at radius 3 is 2.88 bits per heavy atom. The fourth-order valence-corrected chi connectivity index (χ4v) is 1.63. The van der Waals surface area contributed by atoms with Gasteiger partial charge in [0.2, 0.25) is 11.8 Å². The Bertz CT molecular complexity index is 363. The van der Waals surface area contributed by atoms with Crippen molar-refractivity contribution in [3.63, 3.8) is 0 Å². The van der Waals surface area contributed by atoms with Crippen LogP contribution in [0.1, 0.15) is 25.5 Å². The molecule has 1 N–H and O–H groups in total. The minimum Gasteiger partial charge on any atom is -0.481 e. The monoisotopic (exact) mass is 255 g/mol. The van der Waals surface area contributed by atoms with Crippen LogP contribution in [0.15, 0.2) is 11.2 Å². The van der Waals surface area contributed by atoms with Crippen molar-refractivity contribution < 1.29 is 9.53 Å². The van der Waals surface area contributed by atoms with E-state index in [0.29, 0.717) is 24.0 Å². The molecule has 0 spiro atoms.